The molecule has 0 aromatic carbocycles. The van der Waals surface area contributed by atoms with Crippen LogP contribution in [0.2, 0.25) is 0 Å². The monoisotopic (exact) mass is 211 g/mol. The number of ether oxygens (including phenoxy) is 1. The van der Waals surface area contributed by atoms with Crippen LogP contribution in [0.5, 0.6) is 0 Å². The highest BCUT2D eigenvalue weighted by molar-refractivity contribution is 4.91. The van der Waals surface area contributed by atoms with Crippen LogP contribution in [0.3, 0.4) is 0 Å². The van der Waals surface area contributed by atoms with Crippen LogP contribution >= 0.6 is 0 Å². The van der Waals surface area contributed by atoms with E-state index in [0.717, 1.165) is 31.1 Å². The zero-order chi connectivity index (χ0) is 10.5. The molecule has 0 unspecified atom stereocenters. The third kappa shape index (κ3) is 3.00. The molecule has 1 aromatic heterocycles. The molecule has 15 heavy (non-hydrogen) atoms. The summed E-state index contributed by atoms with van der Waals surface area (Å²) in [7, 11) is 1.67. The van der Waals surface area contributed by atoms with Gasteiger partial charge in [0.2, 0.25) is 5.89 Å². The second kappa shape index (κ2) is 5.23. The predicted molar refractivity (Wildman–Crippen MR) is 54.6 cm³/mol. The van der Waals surface area contributed by atoms with Crippen molar-refractivity contribution in [2.24, 2.45) is 0 Å². The van der Waals surface area contributed by atoms with Crippen LogP contribution in [-0.4, -0.2) is 36.4 Å². The average Bonchev–Trinajstić information content (AvgIpc) is 2.87. The fourth-order valence-electron chi connectivity index (χ4n) is 1.81. The average molecular weight is 211 g/mol. The highest BCUT2D eigenvalue weighted by Crippen LogP contribution is 2.10. The molecule has 2 heterocycles. The summed E-state index contributed by atoms with van der Waals surface area (Å²) in [5.41, 5.74) is 0. The number of hydrogen-bond donors (Lipinski definition) is 1. The van der Waals surface area contributed by atoms with E-state index in [-0.39, 0.29) is 0 Å². The summed E-state index contributed by atoms with van der Waals surface area (Å²) < 4.78 is 10.1. The highest BCUT2D eigenvalue weighted by atomic mass is 16.5. The van der Waals surface area contributed by atoms with Gasteiger partial charge in [-0.3, -0.25) is 0 Å². The third-order valence-corrected chi connectivity index (χ3v) is 2.62. The largest absolute Gasteiger partial charge is 0.384 e. The van der Waals surface area contributed by atoms with Gasteiger partial charge in [-0.05, 0) is 19.4 Å². The molecule has 84 valence electrons. The summed E-state index contributed by atoms with van der Waals surface area (Å²) in [6.45, 7) is 1.75. The summed E-state index contributed by atoms with van der Waals surface area (Å²) in [4.78, 5) is 4.31. The highest BCUT2D eigenvalue weighted by Gasteiger charge is 2.17. The van der Waals surface area contributed by atoms with Crippen molar-refractivity contribution in [2.45, 2.75) is 31.7 Å². The Hall–Kier alpha value is -0.940. The lowest BCUT2D eigenvalue weighted by Crippen LogP contribution is -2.23. The number of rotatable bonds is 5. The first-order chi connectivity index (χ1) is 7.38. The Labute approximate surface area is 89.2 Å². The first kappa shape index (κ1) is 10.6. The molecule has 0 bridgehead atoms. The Morgan fingerprint density at radius 2 is 2.53 bits per heavy atom. The van der Waals surface area contributed by atoms with Crippen molar-refractivity contribution in [3.8, 4) is 0 Å². The summed E-state index contributed by atoms with van der Waals surface area (Å²) >= 11 is 0. The normalized spacial score (nSPS) is 21.0. The molecule has 1 N–H and O–H groups in total. The zero-order valence-electron chi connectivity index (χ0n) is 9.03. The zero-order valence-corrected chi connectivity index (χ0v) is 9.03. The summed E-state index contributed by atoms with van der Waals surface area (Å²) in [5.74, 6) is 1.48. The number of methoxy groups -OCH3 is 1. The van der Waals surface area contributed by atoms with Gasteiger partial charge >= 0.3 is 0 Å². The molecule has 0 radical (unpaired) electrons. The molecule has 1 fully saturated rings. The maximum absolute atomic E-state index is 5.17. The lowest BCUT2D eigenvalue weighted by atomic mass is 10.1. The van der Waals surface area contributed by atoms with Gasteiger partial charge in [0.25, 0.3) is 0 Å². The lowest BCUT2D eigenvalue weighted by molar-refractivity contribution is 0.199. The topological polar surface area (TPSA) is 60.2 Å². The molecule has 1 saturated heterocycles. The maximum Gasteiger partial charge on any atom is 0.228 e. The Kier molecular flexibility index (Phi) is 3.69. The number of hydrogen-bond acceptors (Lipinski definition) is 5. The van der Waals surface area contributed by atoms with Gasteiger partial charge in [0.1, 0.15) is 0 Å². The smallest absolute Gasteiger partial charge is 0.228 e. The van der Waals surface area contributed by atoms with E-state index in [9.17, 15) is 0 Å². The Morgan fingerprint density at radius 1 is 1.60 bits per heavy atom. The van der Waals surface area contributed by atoms with Crippen LogP contribution in [0, 0.1) is 0 Å². The standard InChI is InChI=1S/C10H17N3O2/c1-14-6-4-9-12-10(15-13-9)7-8-3-2-5-11-8/h8,11H,2-7H2,1H3/t8-/m1/s1. The molecule has 0 aliphatic carbocycles. The van der Waals surface area contributed by atoms with Crippen molar-refractivity contribution in [3.63, 3.8) is 0 Å². The van der Waals surface area contributed by atoms with E-state index in [1.165, 1.54) is 12.8 Å². The number of aromatic nitrogens is 2. The lowest BCUT2D eigenvalue weighted by Gasteiger charge is -2.04. The first-order valence-electron chi connectivity index (χ1n) is 5.42. The van der Waals surface area contributed by atoms with Crippen molar-refractivity contribution < 1.29 is 9.26 Å². The summed E-state index contributed by atoms with van der Waals surface area (Å²) in [5, 5.41) is 7.31. The number of nitrogens with zero attached hydrogens (tertiary/aromatic N) is 2. The van der Waals surface area contributed by atoms with Gasteiger partial charge in [-0.25, -0.2) is 0 Å². The second-order valence-corrected chi connectivity index (χ2v) is 3.84. The minimum atomic E-state index is 0.515. The van der Waals surface area contributed by atoms with Crippen molar-refractivity contribution in [2.75, 3.05) is 20.3 Å². The van der Waals surface area contributed by atoms with E-state index in [0.29, 0.717) is 12.6 Å². The van der Waals surface area contributed by atoms with Gasteiger partial charge in [0.15, 0.2) is 5.82 Å². The molecule has 0 spiro atoms. The van der Waals surface area contributed by atoms with Crippen molar-refractivity contribution in [1.82, 2.24) is 15.5 Å². The molecule has 1 atom stereocenters. The molecule has 1 aromatic rings. The molecule has 0 saturated carbocycles. The second-order valence-electron chi connectivity index (χ2n) is 3.84. The Balaban J connectivity index is 1.83. The molecule has 5 heteroatoms. The van der Waals surface area contributed by atoms with Crippen LogP contribution in [0.1, 0.15) is 24.6 Å². The van der Waals surface area contributed by atoms with E-state index in [1.807, 2.05) is 0 Å². The van der Waals surface area contributed by atoms with Crippen LogP contribution in [-0.2, 0) is 17.6 Å². The third-order valence-electron chi connectivity index (χ3n) is 2.62. The van der Waals surface area contributed by atoms with Gasteiger partial charge < -0.3 is 14.6 Å². The van der Waals surface area contributed by atoms with Crippen molar-refractivity contribution in [3.05, 3.63) is 11.7 Å². The van der Waals surface area contributed by atoms with Gasteiger partial charge in [-0.2, -0.15) is 4.98 Å². The van der Waals surface area contributed by atoms with E-state index in [2.05, 4.69) is 15.5 Å². The van der Waals surface area contributed by atoms with Crippen LogP contribution in [0.4, 0.5) is 0 Å². The molecule has 5 nitrogen and oxygen atoms in total. The van der Waals surface area contributed by atoms with E-state index >= 15 is 0 Å². The van der Waals surface area contributed by atoms with E-state index in [4.69, 9.17) is 9.26 Å². The summed E-state index contributed by atoms with van der Waals surface area (Å²) in [6, 6.07) is 0.515. The van der Waals surface area contributed by atoms with E-state index < -0.39 is 0 Å². The predicted octanol–water partition coefficient (Wildman–Crippen LogP) is 0.553. The molecule has 1 aliphatic heterocycles. The quantitative estimate of drug-likeness (QED) is 0.770. The minimum Gasteiger partial charge on any atom is -0.384 e. The molecule has 2 rings (SSSR count). The maximum atomic E-state index is 5.17. The minimum absolute atomic E-state index is 0.515. The SMILES string of the molecule is COCCc1noc(C[C@H]2CCCN2)n1. The Morgan fingerprint density at radius 3 is 3.27 bits per heavy atom. The van der Waals surface area contributed by atoms with Crippen molar-refractivity contribution in [1.29, 1.82) is 0 Å². The number of nitrogens with one attached hydrogen (secondary N) is 1. The summed E-state index contributed by atoms with van der Waals surface area (Å²) in [6.07, 6.45) is 4.02. The van der Waals surface area contributed by atoms with Crippen LogP contribution in [0.15, 0.2) is 4.52 Å². The van der Waals surface area contributed by atoms with Crippen molar-refractivity contribution >= 4 is 0 Å². The van der Waals surface area contributed by atoms with Crippen LogP contribution < -0.4 is 5.32 Å². The van der Waals surface area contributed by atoms with Gasteiger partial charge in [0.05, 0.1) is 6.61 Å². The Bertz CT molecular complexity index is 295. The molecular formula is C10H17N3O2. The molecular weight excluding hydrogens is 194 g/mol. The van der Waals surface area contributed by atoms with Gasteiger partial charge in [-0.15, -0.1) is 0 Å². The van der Waals surface area contributed by atoms with Gasteiger partial charge in [-0.1, -0.05) is 5.16 Å². The van der Waals surface area contributed by atoms with Gasteiger partial charge in [0, 0.05) is 26.0 Å². The van der Waals surface area contributed by atoms with E-state index in [1.54, 1.807) is 7.11 Å². The molecule has 1 aliphatic rings. The van der Waals surface area contributed by atoms with Crippen LogP contribution in [0.25, 0.3) is 0 Å². The fraction of sp³-hybridized carbons (Fsp3) is 0.800. The first-order valence-corrected chi connectivity index (χ1v) is 5.42. The fourth-order valence-corrected chi connectivity index (χ4v) is 1.81. The molecule has 0 amide bonds.